The van der Waals surface area contributed by atoms with Crippen LogP contribution in [0.5, 0.6) is 0 Å². The molecule has 1 aliphatic carbocycles. The van der Waals surface area contributed by atoms with Crippen molar-refractivity contribution in [3.63, 3.8) is 0 Å². The first-order chi connectivity index (χ1) is 7.79. The predicted molar refractivity (Wildman–Crippen MR) is 72.7 cm³/mol. The van der Waals surface area contributed by atoms with E-state index in [0.717, 1.165) is 12.3 Å². The molecule has 0 radical (unpaired) electrons. The molecule has 0 bridgehead atoms. The summed E-state index contributed by atoms with van der Waals surface area (Å²) in [5, 5.41) is 3.44. The van der Waals surface area contributed by atoms with E-state index in [0.29, 0.717) is 6.04 Å². The molecule has 1 N–H and O–H groups in total. The first kappa shape index (κ1) is 12.1. The number of halogens is 1. The summed E-state index contributed by atoms with van der Waals surface area (Å²) in [5.41, 5.74) is 1.41. The van der Waals surface area contributed by atoms with Crippen LogP contribution >= 0.6 is 15.9 Å². The number of likely N-dealkylation sites (N-methyl/N-ethyl adjacent to an activating group) is 1. The summed E-state index contributed by atoms with van der Waals surface area (Å²) in [5.74, 6) is 1.04. The second kappa shape index (κ2) is 5.83. The molecule has 1 aromatic rings. The third-order valence-electron chi connectivity index (χ3n) is 3.45. The molecule has 1 nitrogen and oxygen atoms in total. The highest BCUT2D eigenvalue weighted by atomic mass is 79.9. The largest absolute Gasteiger partial charge is 0.317 e. The van der Waals surface area contributed by atoms with Crippen LogP contribution in [0.4, 0.5) is 0 Å². The maximum absolute atomic E-state index is 3.62. The van der Waals surface area contributed by atoms with E-state index in [4.69, 9.17) is 0 Å². The Balaban J connectivity index is 1.87. The Morgan fingerprint density at radius 2 is 2.12 bits per heavy atom. The minimum atomic E-state index is 0.624. The van der Waals surface area contributed by atoms with Crippen molar-refractivity contribution in [2.75, 3.05) is 7.05 Å². The smallest absolute Gasteiger partial charge is 0.0207 e. The quantitative estimate of drug-likeness (QED) is 0.837. The molecular formula is C14H20BrN. The highest BCUT2D eigenvalue weighted by Crippen LogP contribution is 2.34. The Labute approximate surface area is 107 Å². The van der Waals surface area contributed by atoms with E-state index < -0.39 is 0 Å². The highest BCUT2D eigenvalue weighted by molar-refractivity contribution is 9.10. The van der Waals surface area contributed by atoms with Gasteiger partial charge in [-0.3, -0.25) is 0 Å². The summed E-state index contributed by atoms with van der Waals surface area (Å²) >= 11 is 3.62. The van der Waals surface area contributed by atoms with Gasteiger partial charge in [-0.25, -0.2) is 0 Å². The first-order valence-corrected chi connectivity index (χ1v) is 6.99. The van der Waals surface area contributed by atoms with Gasteiger partial charge in [-0.1, -0.05) is 47.0 Å². The van der Waals surface area contributed by atoms with E-state index in [1.807, 2.05) is 0 Å². The van der Waals surface area contributed by atoms with Crippen LogP contribution in [0.15, 0.2) is 28.7 Å². The Morgan fingerprint density at radius 3 is 2.75 bits per heavy atom. The number of hydrogen-bond acceptors (Lipinski definition) is 1. The van der Waals surface area contributed by atoms with Gasteiger partial charge >= 0.3 is 0 Å². The number of rotatable bonds is 6. The molecule has 1 fully saturated rings. The van der Waals surface area contributed by atoms with Gasteiger partial charge in [-0.2, -0.15) is 0 Å². The molecule has 2 rings (SSSR count). The fourth-order valence-corrected chi connectivity index (χ4v) is 2.57. The molecule has 0 heterocycles. The van der Waals surface area contributed by atoms with E-state index in [-0.39, 0.29) is 0 Å². The lowest BCUT2D eigenvalue weighted by atomic mass is 10.0. The third-order valence-corrected chi connectivity index (χ3v) is 4.23. The molecule has 0 saturated heterocycles. The second-order valence-corrected chi connectivity index (χ2v) is 5.66. The molecule has 1 unspecified atom stereocenters. The van der Waals surface area contributed by atoms with Gasteiger partial charge in [0, 0.05) is 10.5 Å². The van der Waals surface area contributed by atoms with Crippen LogP contribution in [0.3, 0.4) is 0 Å². The zero-order valence-corrected chi connectivity index (χ0v) is 11.5. The van der Waals surface area contributed by atoms with Gasteiger partial charge in [0.05, 0.1) is 0 Å². The molecule has 2 heteroatoms. The molecule has 1 atom stereocenters. The van der Waals surface area contributed by atoms with Crippen LogP contribution in [-0.2, 0) is 6.42 Å². The van der Waals surface area contributed by atoms with Gasteiger partial charge < -0.3 is 5.32 Å². The molecule has 1 aliphatic rings. The van der Waals surface area contributed by atoms with Crippen molar-refractivity contribution in [1.29, 1.82) is 0 Å². The number of nitrogens with one attached hydrogen (secondary N) is 1. The lowest BCUT2D eigenvalue weighted by Crippen LogP contribution is -2.27. The van der Waals surface area contributed by atoms with Gasteiger partial charge in [0.1, 0.15) is 0 Å². The molecule has 1 saturated carbocycles. The molecule has 0 spiro atoms. The van der Waals surface area contributed by atoms with Gasteiger partial charge in [-0.05, 0) is 43.9 Å². The van der Waals surface area contributed by atoms with Crippen molar-refractivity contribution in [3.8, 4) is 0 Å². The van der Waals surface area contributed by atoms with Crippen LogP contribution in [0, 0.1) is 5.92 Å². The average Bonchev–Trinajstić information content (AvgIpc) is 3.10. The van der Waals surface area contributed by atoms with Crippen LogP contribution < -0.4 is 5.32 Å². The predicted octanol–water partition coefficient (Wildman–Crippen LogP) is 3.77. The van der Waals surface area contributed by atoms with E-state index in [9.17, 15) is 0 Å². The monoisotopic (exact) mass is 281 g/mol. The van der Waals surface area contributed by atoms with E-state index in [1.165, 1.54) is 35.7 Å². The Bertz CT molecular complexity index is 333. The van der Waals surface area contributed by atoms with Crippen molar-refractivity contribution < 1.29 is 0 Å². The maximum Gasteiger partial charge on any atom is 0.0207 e. The van der Waals surface area contributed by atoms with Crippen LogP contribution in [0.1, 0.15) is 31.2 Å². The van der Waals surface area contributed by atoms with Crippen molar-refractivity contribution >= 4 is 15.9 Å². The summed E-state index contributed by atoms with van der Waals surface area (Å²) < 4.78 is 1.24. The minimum absolute atomic E-state index is 0.624. The van der Waals surface area contributed by atoms with Crippen LogP contribution in [-0.4, -0.2) is 13.1 Å². The van der Waals surface area contributed by atoms with Gasteiger partial charge in [-0.15, -0.1) is 0 Å². The standard InChI is InChI=1S/C14H20BrN/c1-16-13(9-8-11-6-7-11)10-12-4-2-3-5-14(12)15/h2-5,11,13,16H,6-10H2,1H3. The van der Waals surface area contributed by atoms with E-state index in [2.05, 4.69) is 52.6 Å². The Hall–Kier alpha value is -0.340. The summed E-state index contributed by atoms with van der Waals surface area (Å²) in [4.78, 5) is 0. The topological polar surface area (TPSA) is 12.0 Å². The molecule has 0 aliphatic heterocycles. The van der Waals surface area contributed by atoms with Gasteiger partial charge in [0.25, 0.3) is 0 Å². The molecular weight excluding hydrogens is 262 g/mol. The molecule has 0 aromatic heterocycles. The Morgan fingerprint density at radius 1 is 1.38 bits per heavy atom. The molecule has 0 amide bonds. The molecule has 16 heavy (non-hydrogen) atoms. The maximum atomic E-state index is 3.62. The van der Waals surface area contributed by atoms with Gasteiger partial charge in [0.2, 0.25) is 0 Å². The molecule has 88 valence electrons. The van der Waals surface area contributed by atoms with Crippen LogP contribution in [0.2, 0.25) is 0 Å². The van der Waals surface area contributed by atoms with Crippen molar-refractivity contribution in [3.05, 3.63) is 34.3 Å². The van der Waals surface area contributed by atoms with Crippen LogP contribution in [0.25, 0.3) is 0 Å². The summed E-state index contributed by atoms with van der Waals surface area (Å²) in [6, 6.07) is 9.16. The minimum Gasteiger partial charge on any atom is -0.317 e. The average molecular weight is 282 g/mol. The van der Waals surface area contributed by atoms with E-state index in [1.54, 1.807) is 0 Å². The molecule has 1 aromatic carbocycles. The number of hydrogen-bond donors (Lipinski definition) is 1. The second-order valence-electron chi connectivity index (χ2n) is 4.80. The zero-order chi connectivity index (χ0) is 11.4. The fourth-order valence-electron chi connectivity index (χ4n) is 2.12. The lowest BCUT2D eigenvalue weighted by Gasteiger charge is -2.16. The third kappa shape index (κ3) is 3.60. The summed E-state index contributed by atoms with van der Waals surface area (Å²) in [7, 11) is 2.08. The normalized spacial score (nSPS) is 17.4. The SMILES string of the molecule is CNC(CCC1CC1)Cc1ccccc1Br. The Kier molecular flexibility index (Phi) is 4.42. The zero-order valence-electron chi connectivity index (χ0n) is 9.88. The van der Waals surface area contributed by atoms with E-state index >= 15 is 0 Å². The lowest BCUT2D eigenvalue weighted by molar-refractivity contribution is 0.484. The van der Waals surface area contributed by atoms with Crippen molar-refractivity contribution in [2.45, 2.75) is 38.1 Å². The highest BCUT2D eigenvalue weighted by Gasteiger charge is 2.22. The fraction of sp³-hybridized carbons (Fsp3) is 0.571. The first-order valence-electron chi connectivity index (χ1n) is 6.20. The summed E-state index contributed by atoms with van der Waals surface area (Å²) in [6.07, 6.45) is 6.76. The van der Waals surface area contributed by atoms with Crippen molar-refractivity contribution in [1.82, 2.24) is 5.32 Å². The van der Waals surface area contributed by atoms with Gasteiger partial charge in [0.15, 0.2) is 0 Å². The summed E-state index contributed by atoms with van der Waals surface area (Å²) in [6.45, 7) is 0. The van der Waals surface area contributed by atoms with Crippen molar-refractivity contribution in [2.24, 2.45) is 5.92 Å². The number of benzene rings is 1.